The van der Waals surface area contributed by atoms with Gasteiger partial charge in [-0.1, -0.05) is 26.3 Å². The molecule has 2 aliphatic carbocycles. The van der Waals surface area contributed by atoms with Gasteiger partial charge in [0.05, 0.1) is 17.6 Å². The maximum absolute atomic E-state index is 13.4. The lowest BCUT2D eigenvalue weighted by molar-refractivity contribution is -0.112. The average Bonchev–Trinajstić information content (AvgIpc) is 3.12. The number of hydrogen-bond donors (Lipinski definition) is 0. The predicted octanol–water partition coefficient (Wildman–Crippen LogP) is 5.96. The molecular formula is C25H33FN2O2Si. The number of benzene rings is 1. The number of hydrogen-bond acceptors (Lipinski definition) is 3. The summed E-state index contributed by atoms with van der Waals surface area (Å²) >= 11 is 0. The molecule has 4 rings (SSSR count). The van der Waals surface area contributed by atoms with Crippen LogP contribution in [0.3, 0.4) is 0 Å². The lowest BCUT2D eigenvalue weighted by Crippen LogP contribution is -2.47. The smallest absolute Gasteiger partial charge is 0.192 e. The second kappa shape index (κ2) is 7.82. The Bertz CT molecular complexity index is 1000. The standard InChI is InChI=1S/C25H33FN2O2Si/c1-24(2,3)31(4,5)30-17-25-13-18(16-29)6-7-20(25)12-23-19(14-25)15-27-28(23)22-10-8-21(26)9-11-22/h8-12,15-16,18H,6-7,13-14,17H2,1-5H3/t18?,25-/m0/s1. The summed E-state index contributed by atoms with van der Waals surface area (Å²) in [6.45, 7) is 12.0. The van der Waals surface area contributed by atoms with Crippen molar-refractivity contribution in [2.45, 2.75) is 64.6 Å². The molecule has 1 fully saturated rings. The fraction of sp³-hybridized carbons (Fsp3) is 0.520. The molecule has 1 saturated carbocycles. The number of aldehydes is 1. The molecule has 0 radical (unpaired) electrons. The third kappa shape index (κ3) is 4.08. The second-order valence-electron chi connectivity index (χ2n) is 10.8. The fourth-order valence-electron chi connectivity index (χ4n) is 4.61. The SMILES string of the molecule is CC(C)(C)[Si](C)(C)OC[C@]12Cc3cnn(-c4ccc(F)cc4)c3C=C1CCC(C=O)C2. The zero-order valence-electron chi connectivity index (χ0n) is 19.2. The summed E-state index contributed by atoms with van der Waals surface area (Å²) in [6.07, 6.45) is 8.75. The highest BCUT2D eigenvalue weighted by molar-refractivity contribution is 6.74. The van der Waals surface area contributed by atoms with E-state index in [1.165, 1.54) is 23.3 Å². The molecule has 31 heavy (non-hydrogen) atoms. The van der Waals surface area contributed by atoms with Crippen LogP contribution in [-0.2, 0) is 15.6 Å². The number of rotatable bonds is 5. The first-order valence-corrected chi connectivity index (χ1v) is 14.1. The highest BCUT2D eigenvalue weighted by Gasteiger charge is 2.46. The number of carbonyl (C=O) groups is 1. The van der Waals surface area contributed by atoms with Gasteiger partial charge in [-0.2, -0.15) is 5.10 Å². The van der Waals surface area contributed by atoms with Gasteiger partial charge >= 0.3 is 0 Å². The van der Waals surface area contributed by atoms with Crippen molar-refractivity contribution < 1.29 is 13.6 Å². The van der Waals surface area contributed by atoms with Crippen molar-refractivity contribution in [1.82, 2.24) is 9.78 Å². The Kier molecular flexibility index (Phi) is 5.59. The van der Waals surface area contributed by atoms with Gasteiger partial charge in [-0.15, -0.1) is 0 Å². The van der Waals surface area contributed by atoms with Crippen molar-refractivity contribution in [1.29, 1.82) is 0 Å². The van der Waals surface area contributed by atoms with Crippen LogP contribution in [0.4, 0.5) is 4.39 Å². The maximum atomic E-state index is 13.4. The van der Waals surface area contributed by atoms with Crippen molar-refractivity contribution in [2.24, 2.45) is 11.3 Å². The van der Waals surface area contributed by atoms with E-state index in [9.17, 15) is 9.18 Å². The van der Waals surface area contributed by atoms with Crippen LogP contribution >= 0.6 is 0 Å². The molecule has 0 N–H and O–H groups in total. The molecule has 1 unspecified atom stereocenters. The minimum absolute atomic E-state index is 0.0776. The molecule has 4 nitrogen and oxygen atoms in total. The molecular weight excluding hydrogens is 407 g/mol. The zero-order valence-corrected chi connectivity index (χ0v) is 20.2. The van der Waals surface area contributed by atoms with Crippen LogP contribution in [0, 0.1) is 17.2 Å². The first-order valence-electron chi connectivity index (χ1n) is 11.2. The number of nitrogens with zero attached hydrogens (tertiary/aromatic N) is 2. The Labute approximate surface area is 185 Å². The van der Waals surface area contributed by atoms with E-state index in [1.807, 2.05) is 10.9 Å². The van der Waals surface area contributed by atoms with Crippen LogP contribution in [0.2, 0.25) is 18.1 Å². The van der Waals surface area contributed by atoms with E-state index in [4.69, 9.17) is 4.43 Å². The summed E-state index contributed by atoms with van der Waals surface area (Å²) in [5.74, 6) is -0.175. The Morgan fingerprint density at radius 1 is 1.29 bits per heavy atom. The molecule has 1 aromatic carbocycles. The number of aromatic nitrogens is 2. The minimum atomic E-state index is -1.92. The zero-order chi connectivity index (χ0) is 22.4. The van der Waals surface area contributed by atoms with Crippen molar-refractivity contribution >= 4 is 20.7 Å². The van der Waals surface area contributed by atoms with Gasteiger partial charge in [-0.25, -0.2) is 9.07 Å². The molecule has 1 heterocycles. The number of fused-ring (bicyclic) bond motifs is 2. The summed E-state index contributed by atoms with van der Waals surface area (Å²) in [7, 11) is -1.92. The van der Waals surface area contributed by atoms with E-state index < -0.39 is 8.32 Å². The van der Waals surface area contributed by atoms with Crippen LogP contribution < -0.4 is 0 Å². The molecule has 1 aromatic heterocycles. The second-order valence-corrected chi connectivity index (χ2v) is 15.6. The Morgan fingerprint density at radius 2 is 2.00 bits per heavy atom. The van der Waals surface area contributed by atoms with Gasteiger partial charge < -0.3 is 9.22 Å². The summed E-state index contributed by atoms with van der Waals surface area (Å²) in [5.41, 5.74) is 4.29. The van der Waals surface area contributed by atoms with E-state index in [0.29, 0.717) is 6.61 Å². The van der Waals surface area contributed by atoms with Gasteiger partial charge in [0.25, 0.3) is 0 Å². The van der Waals surface area contributed by atoms with Crippen LogP contribution in [0.5, 0.6) is 0 Å². The Balaban J connectivity index is 1.70. The van der Waals surface area contributed by atoms with Crippen molar-refractivity contribution in [3.63, 3.8) is 0 Å². The average molecular weight is 441 g/mol. The summed E-state index contributed by atoms with van der Waals surface area (Å²) in [4.78, 5) is 11.7. The summed E-state index contributed by atoms with van der Waals surface area (Å²) < 4.78 is 22.0. The van der Waals surface area contributed by atoms with E-state index >= 15 is 0 Å². The normalized spacial score (nSPS) is 23.7. The minimum Gasteiger partial charge on any atom is -0.416 e. The molecule has 0 bridgehead atoms. The van der Waals surface area contributed by atoms with Crippen LogP contribution in [-0.4, -0.2) is 31.0 Å². The van der Waals surface area contributed by atoms with E-state index in [2.05, 4.69) is 45.0 Å². The van der Waals surface area contributed by atoms with Gasteiger partial charge in [-0.05, 0) is 79.7 Å². The fourth-order valence-corrected chi connectivity index (χ4v) is 5.68. The third-order valence-corrected chi connectivity index (χ3v) is 12.1. The van der Waals surface area contributed by atoms with Gasteiger partial charge in [0.1, 0.15) is 12.1 Å². The van der Waals surface area contributed by atoms with Crippen molar-refractivity contribution in [2.75, 3.05) is 6.61 Å². The van der Waals surface area contributed by atoms with Crippen molar-refractivity contribution in [3.05, 3.63) is 53.1 Å². The van der Waals surface area contributed by atoms with Gasteiger partial charge in [0, 0.05) is 17.9 Å². The first kappa shape index (κ1) is 22.2. The molecule has 2 atom stereocenters. The number of carbonyl (C=O) groups excluding carboxylic acids is 1. The lowest BCUT2D eigenvalue weighted by atomic mass is 9.62. The van der Waals surface area contributed by atoms with Crippen LogP contribution in [0.1, 0.15) is 51.3 Å². The summed E-state index contributed by atoms with van der Waals surface area (Å²) in [5, 5.41) is 4.76. The molecule has 166 valence electrons. The van der Waals surface area contributed by atoms with E-state index in [1.54, 1.807) is 12.1 Å². The van der Waals surface area contributed by atoms with E-state index in [0.717, 1.165) is 43.4 Å². The molecule has 2 aliphatic rings. The first-order chi connectivity index (χ1) is 14.5. The monoisotopic (exact) mass is 440 g/mol. The third-order valence-electron chi connectivity index (χ3n) is 7.62. The Hall–Kier alpha value is -2.05. The molecule has 0 saturated heterocycles. The van der Waals surface area contributed by atoms with Crippen molar-refractivity contribution in [3.8, 4) is 5.69 Å². The molecule has 0 amide bonds. The van der Waals surface area contributed by atoms with Gasteiger partial charge in [0.15, 0.2) is 8.32 Å². The molecule has 2 aromatic rings. The number of halogens is 1. The van der Waals surface area contributed by atoms with Crippen LogP contribution in [0.25, 0.3) is 11.8 Å². The largest absolute Gasteiger partial charge is 0.416 e. The van der Waals surface area contributed by atoms with Crippen LogP contribution in [0.15, 0.2) is 36.0 Å². The highest BCUT2D eigenvalue weighted by Crippen LogP contribution is 2.51. The highest BCUT2D eigenvalue weighted by atomic mass is 28.4. The van der Waals surface area contributed by atoms with E-state index in [-0.39, 0.29) is 22.2 Å². The molecule has 0 spiro atoms. The predicted molar refractivity (Wildman–Crippen MR) is 124 cm³/mol. The molecule has 0 aliphatic heterocycles. The lowest BCUT2D eigenvalue weighted by Gasteiger charge is -2.47. The molecule has 6 heteroatoms. The maximum Gasteiger partial charge on any atom is 0.192 e. The summed E-state index contributed by atoms with van der Waals surface area (Å²) in [6, 6.07) is 6.44. The topological polar surface area (TPSA) is 44.1 Å². The quantitative estimate of drug-likeness (QED) is 0.426. The van der Waals surface area contributed by atoms with Gasteiger partial charge in [-0.3, -0.25) is 0 Å². The Morgan fingerprint density at radius 3 is 2.65 bits per heavy atom. The van der Waals surface area contributed by atoms with Gasteiger partial charge in [0.2, 0.25) is 0 Å².